The summed E-state index contributed by atoms with van der Waals surface area (Å²) in [5.74, 6) is 1.31. The summed E-state index contributed by atoms with van der Waals surface area (Å²) >= 11 is 0. The smallest absolute Gasteiger partial charge is 0.282 e. The van der Waals surface area contributed by atoms with Crippen molar-refractivity contribution in [1.29, 1.82) is 0 Å². The second-order valence-electron chi connectivity index (χ2n) is 2.99. The first-order chi connectivity index (χ1) is 6.90. The normalized spacial score (nSPS) is 10.4. The molecule has 4 nitrogen and oxygen atoms in total. The molecule has 0 aliphatic heterocycles. The van der Waals surface area contributed by atoms with E-state index in [0.717, 1.165) is 12.1 Å². The fourth-order valence-electron chi connectivity index (χ4n) is 1.22. The van der Waals surface area contributed by atoms with Gasteiger partial charge in [-0.05, 0) is 0 Å². The highest BCUT2D eigenvalue weighted by Crippen LogP contribution is 2.13. The lowest BCUT2D eigenvalue weighted by Gasteiger charge is -1.90. The van der Waals surface area contributed by atoms with Crippen LogP contribution in [0.3, 0.4) is 0 Å². The highest BCUT2D eigenvalue weighted by molar-refractivity contribution is 5.53. The van der Waals surface area contributed by atoms with Crippen molar-refractivity contribution < 1.29 is 9.84 Å². The Balaban J connectivity index is 2.25. The minimum absolute atomic E-state index is 0.655. The van der Waals surface area contributed by atoms with Crippen LogP contribution in [0.15, 0.2) is 34.9 Å². The van der Waals surface area contributed by atoms with Crippen molar-refractivity contribution in [2.75, 3.05) is 7.05 Å². The van der Waals surface area contributed by atoms with Crippen molar-refractivity contribution in [1.82, 2.24) is 10.1 Å². The standard InChI is InChI=1S/C10H11N3O/c1-11-7-9-12-10(13-14-9)8-5-3-2-4-6-8/h2-6,11H,7H2,1H3/p+1. The van der Waals surface area contributed by atoms with Gasteiger partial charge in [0.15, 0.2) is 6.54 Å². The van der Waals surface area contributed by atoms with Crippen LogP contribution in [-0.2, 0) is 6.54 Å². The Labute approximate surface area is 82.0 Å². The van der Waals surface area contributed by atoms with Crippen LogP contribution >= 0.6 is 0 Å². The van der Waals surface area contributed by atoms with E-state index in [2.05, 4.69) is 10.1 Å². The van der Waals surface area contributed by atoms with Crippen LogP contribution in [0.1, 0.15) is 5.89 Å². The van der Waals surface area contributed by atoms with E-state index < -0.39 is 0 Å². The number of hydrogen-bond donors (Lipinski definition) is 1. The Morgan fingerprint density at radius 2 is 2.07 bits per heavy atom. The lowest BCUT2D eigenvalue weighted by atomic mass is 10.2. The van der Waals surface area contributed by atoms with Gasteiger partial charge < -0.3 is 9.84 Å². The molecular formula is C10H12N3O+. The van der Waals surface area contributed by atoms with E-state index in [4.69, 9.17) is 4.52 Å². The van der Waals surface area contributed by atoms with Crippen molar-refractivity contribution in [2.45, 2.75) is 6.54 Å². The van der Waals surface area contributed by atoms with Crippen LogP contribution in [0.2, 0.25) is 0 Å². The molecule has 2 rings (SSSR count). The first kappa shape index (κ1) is 8.90. The molecule has 0 fully saturated rings. The second-order valence-corrected chi connectivity index (χ2v) is 2.99. The summed E-state index contributed by atoms with van der Waals surface area (Å²) in [6.45, 7) is 0.722. The maximum absolute atomic E-state index is 5.07. The van der Waals surface area contributed by atoms with Gasteiger partial charge in [0.05, 0.1) is 7.05 Å². The number of nitrogens with two attached hydrogens (primary N) is 1. The molecule has 1 aromatic carbocycles. The summed E-state index contributed by atoms with van der Waals surface area (Å²) in [6, 6.07) is 9.80. The van der Waals surface area contributed by atoms with E-state index in [0.29, 0.717) is 11.7 Å². The first-order valence-electron chi connectivity index (χ1n) is 4.56. The predicted molar refractivity (Wildman–Crippen MR) is 51.3 cm³/mol. The Morgan fingerprint density at radius 1 is 1.29 bits per heavy atom. The average Bonchev–Trinajstić information content (AvgIpc) is 2.68. The maximum Gasteiger partial charge on any atom is 0.282 e. The lowest BCUT2D eigenvalue weighted by molar-refractivity contribution is -0.645. The minimum Gasteiger partial charge on any atom is -0.341 e. The van der Waals surface area contributed by atoms with Crippen molar-refractivity contribution in [3.63, 3.8) is 0 Å². The van der Waals surface area contributed by atoms with E-state index in [-0.39, 0.29) is 0 Å². The van der Waals surface area contributed by atoms with E-state index in [9.17, 15) is 0 Å². The fraction of sp³-hybridized carbons (Fsp3) is 0.200. The molecule has 0 atom stereocenters. The zero-order valence-electron chi connectivity index (χ0n) is 7.97. The van der Waals surface area contributed by atoms with Crippen LogP contribution in [-0.4, -0.2) is 17.2 Å². The molecule has 0 saturated heterocycles. The van der Waals surface area contributed by atoms with Crippen molar-refractivity contribution >= 4 is 0 Å². The number of nitrogens with zero attached hydrogens (tertiary/aromatic N) is 2. The zero-order chi connectivity index (χ0) is 9.80. The van der Waals surface area contributed by atoms with Crippen LogP contribution in [0, 0.1) is 0 Å². The molecule has 0 unspecified atom stereocenters. The van der Waals surface area contributed by atoms with Gasteiger partial charge in [0.1, 0.15) is 0 Å². The predicted octanol–water partition coefficient (Wildman–Crippen LogP) is 0.430. The van der Waals surface area contributed by atoms with Crippen molar-refractivity contribution in [3.05, 3.63) is 36.2 Å². The molecule has 2 N–H and O–H groups in total. The van der Waals surface area contributed by atoms with Gasteiger partial charge in [0, 0.05) is 5.56 Å². The number of hydrogen-bond acceptors (Lipinski definition) is 3. The maximum atomic E-state index is 5.07. The van der Waals surface area contributed by atoms with Gasteiger partial charge >= 0.3 is 0 Å². The van der Waals surface area contributed by atoms with E-state index in [1.165, 1.54) is 0 Å². The molecule has 72 valence electrons. The lowest BCUT2D eigenvalue weighted by Crippen LogP contribution is -2.77. The number of rotatable bonds is 3. The van der Waals surface area contributed by atoms with Gasteiger partial charge in [-0.1, -0.05) is 35.5 Å². The van der Waals surface area contributed by atoms with Crippen LogP contribution in [0.4, 0.5) is 0 Å². The molecule has 0 bridgehead atoms. The molecule has 0 saturated carbocycles. The largest absolute Gasteiger partial charge is 0.341 e. The monoisotopic (exact) mass is 190 g/mol. The molecule has 0 aliphatic rings. The van der Waals surface area contributed by atoms with E-state index in [1.807, 2.05) is 42.7 Å². The molecule has 1 aromatic heterocycles. The Morgan fingerprint density at radius 3 is 2.79 bits per heavy atom. The Kier molecular flexibility index (Phi) is 2.55. The van der Waals surface area contributed by atoms with Crippen molar-refractivity contribution in [3.8, 4) is 11.4 Å². The number of quaternary nitrogens is 1. The summed E-state index contributed by atoms with van der Waals surface area (Å²) < 4.78 is 5.07. The SMILES string of the molecule is C[NH2+]Cc1nc(-c2ccccc2)no1. The van der Waals surface area contributed by atoms with Gasteiger partial charge in [-0.2, -0.15) is 4.98 Å². The second kappa shape index (κ2) is 4.02. The van der Waals surface area contributed by atoms with E-state index >= 15 is 0 Å². The third-order valence-electron chi connectivity index (χ3n) is 1.88. The van der Waals surface area contributed by atoms with Crippen LogP contribution in [0.25, 0.3) is 11.4 Å². The highest BCUT2D eigenvalue weighted by Gasteiger charge is 2.07. The van der Waals surface area contributed by atoms with Gasteiger partial charge in [-0.25, -0.2) is 0 Å². The molecular weight excluding hydrogens is 178 g/mol. The van der Waals surface area contributed by atoms with Gasteiger partial charge in [-0.3, -0.25) is 0 Å². The zero-order valence-corrected chi connectivity index (χ0v) is 7.97. The fourth-order valence-corrected chi connectivity index (χ4v) is 1.22. The van der Waals surface area contributed by atoms with Gasteiger partial charge in [-0.15, -0.1) is 0 Å². The minimum atomic E-state index is 0.655. The molecule has 0 radical (unpaired) electrons. The Hall–Kier alpha value is -1.68. The number of aromatic nitrogens is 2. The van der Waals surface area contributed by atoms with Crippen LogP contribution < -0.4 is 5.32 Å². The molecule has 0 spiro atoms. The van der Waals surface area contributed by atoms with Crippen LogP contribution in [0.5, 0.6) is 0 Å². The summed E-state index contributed by atoms with van der Waals surface area (Å²) in [4.78, 5) is 4.26. The number of benzene rings is 1. The molecule has 0 aliphatic carbocycles. The molecule has 1 heterocycles. The first-order valence-corrected chi connectivity index (χ1v) is 4.56. The highest BCUT2D eigenvalue weighted by atomic mass is 16.5. The molecule has 2 aromatic rings. The third kappa shape index (κ3) is 1.80. The molecule has 14 heavy (non-hydrogen) atoms. The summed E-state index contributed by atoms with van der Waals surface area (Å²) in [5, 5.41) is 5.89. The third-order valence-corrected chi connectivity index (χ3v) is 1.88. The van der Waals surface area contributed by atoms with Crippen molar-refractivity contribution in [2.24, 2.45) is 0 Å². The van der Waals surface area contributed by atoms with E-state index in [1.54, 1.807) is 0 Å². The van der Waals surface area contributed by atoms with Gasteiger partial charge in [0.2, 0.25) is 5.82 Å². The Bertz CT molecular complexity index is 397. The molecule has 4 heteroatoms. The molecule has 0 amide bonds. The summed E-state index contributed by atoms with van der Waals surface area (Å²) in [7, 11) is 1.96. The summed E-state index contributed by atoms with van der Waals surface area (Å²) in [5.41, 5.74) is 0.985. The topological polar surface area (TPSA) is 55.5 Å². The summed E-state index contributed by atoms with van der Waals surface area (Å²) in [6.07, 6.45) is 0. The van der Waals surface area contributed by atoms with Gasteiger partial charge in [0.25, 0.3) is 5.89 Å². The quantitative estimate of drug-likeness (QED) is 0.763. The average molecular weight is 190 g/mol.